The van der Waals surface area contributed by atoms with Crippen LogP contribution in [0, 0.1) is 13.8 Å². The Morgan fingerprint density at radius 1 is 1.00 bits per heavy atom. The molecule has 6 atom stereocenters. The van der Waals surface area contributed by atoms with Gasteiger partial charge in [0.25, 0.3) is 0 Å². The monoisotopic (exact) mass is 492 g/mol. The molecule has 2 saturated heterocycles. The van der Waals surface area contributed by atoms with Crippen molar-refractivity contribution in [2.75, 3.05) is 13.2 Å². The molecule has 6 unspecified atom stereocenters. The number of fused-ring (bicyclic) bond motifs is 1. The molecule has 6 nitrogen and oxygen atoms in total. The maximum absolute atomic E-state index is 10.5. The molecule has 4 rings (SSSR count). The predicted octanol–water partition coefficient (Wildman–Crippen LogP) is 3.88. The molecule has 31 heavy (non-hydrogen) atoms. The highest BCUT2D eigenvalue weighted by atomic mass is 79.9. The minimum Gasteiger partial charge on any atom is -0.394 e. The van der Waals surface area contributed by atoms with E-state index in [1.165, 1.54) is 11.1 Å². The smallest absolute Gasteiger partial charge is 0.184 e. The maximum Gasteiger partial charge on any atom is 0.184 e. The van der Waals surface area contributed by atoms with E-state index in [0.29, 0.717) is 6.61 Å². The number of aliphatic hydroxyl groups excluding tert-OH is 2. The first-order valence-corrected chi connectivity index (χ1v) is 11.4. The Morgan fingerprint density at radius 2 is 1.74 bits per heavy atom. The quantitative estimate of drug-likeness (QED) is 0.659. The third-order valence-electron chi connectivity index (χ3n) is 6.06. The molecular weight excluding hydrogens is 464 g/mol. The number of hydrogen-bond acceptors (Lipinski definition) is 6. The van der Waals surface area contributed by atoms with Crippen LogP contribution in [0.25, 0.3) is 0 Å². The number of aryl methyl sites for hydroxylation is 3. The summed E-state index contributed by atoms with van der Waals surface area (Å²) in [6, 6.07) is 12.0. The van der Waals surface area contributed by atoms with Crippen LogP contribution in [-0.2, 0) is 25.4 Å². The predicted molar refractivity (Wildman–Crippen MR) is 119 cm³/mol. The number of benzene rings is 2. The number of aliphatic hydroxyl groups is 2. The summed E-state index contributed by atoms with van der Waals surface area (Å²) >= 11 is 3.60. The van der Waals surface area contributed by atoms with Gasteiger partial charge in [-0.15, -0.1) is 0 Å². The van der Waals surface area contributed by atoms with Crippen LogP contribution in [0.1, 0.15) is 47.3 Å². The Hall–Kier alpha value is -1.32. The molecule has 2 fully saturated rings. The van der Waals surface area contributed by atoms with Crippen LogP contribution < -0.4 is 0 Å². The van der Waals surface area contributed by atoms with Gasteiger partial charge in [0.2, 0.25) is 0 Å². The molecule has 0 radical (unpaired) electrons. The molecular formula is C24H29BrO6. The highest BCUT2D eigenvalue weighted by Gasteiger charge is 2.48. The van der Waals surface area contributed by atoms with E-state index < -0.39 is 43.6 Å². The van der Waals surface area contributed by atoms with Gasteiger partial charge in [0, 0.05) is 15.6 Å². The van der Waals surface area contributed by atoms with Crippen molar-refractivity contribution in [3.8, 4) is 0 Å². The van der Waals surface area contributed by atoms with Crippen molar-refractivity contribution in [2.24, 2.45) is 0 Å². The number of halogens is 1. The minimum atomic E-state index is -1.10. The van der Waals surface area contributed by atoms with E-state index in [0.717, 1.165) is 27.6 Å². The van der Waals surface area contributed by atoms with Gasteiger partial charge in [0.15, 0.2) is 12.6 Å². The zero-order valence-electron chi connectivity index (χ0n) is 18.0. The van der Waals surface area contributed by atoms with Gasteiger partial charge in [0.05, 0.1) is 13.2 Å². The molecule has 0 bridgehead atoms. The summed E-state index contributed by atoms with van der Waals surface area (Å²) in [5.41, 5.74) is 5.24. The lowest BCUT2D eigenvalue weighted by Gasteiger charge is -2.47. The van der Waals surface area contributed by atoms with Crippen molar-refractivity contribution in [3.05, 3.63) is 68.7 Å². The van der Waals surface area contributed by atoms with Gasteiger partial charge >= 0.3 is 0 Å². The summed E-state index contributed by atoms with van der Waals surface area (Å²) in [6.45, 7) is 6.04. The first kappa shape index (κ1) is 22.9. The SMILES string of the molecule is CCc1ccc(C2OCC3OC(c4ccc(C)c(C)c4)OC(C(O)CO)C3O2)cc1Br. The standard InChI is InChI=1S/C24H29BrO6/c1-4-15-7-8-17(10-18(15)25)23-28-12-20-22(31-23)21(19(27)11-26)30-24(29-20)16-6-5-13(2)14(3)9-16/h5-10,19-24,26-27H,4,11-12H2,1-3H3. The number of rotatable bonds is 5. The maximum atomic E-state index is 10.5. The van der Waals surface area contributed by atoms with Crippen molar-refractivity contribution < 1.29 is 29.2 Å². The van der Waals surface area contributed by atoms with E-state index in [1.807, 2.05) is 50.2 Å². The van der Waals surface area contributed by atoms with Crippen LogP contribution in [0.15, 0.2) is 40.9 Å². The molecule has 2 aliphatic heterocycles. The van der Waals surface area contributed by atoms with Crippen LogP contribution in [0.3, 0.4) is 0 Å². The lowest BCUT2D eigenvalue weighted by molar-refractivity contribution is -0.373. The molecule has 2 aliphatic rings. The Kier molecular flexibility index (Phi) is 7.13. The van der Waals surface area contributed by atoms with E-state index >= 15 is 0 Å². The second kappa shape index (κ2) is 9.67. The molecule has 0 aromatic heterocycles. The van der Waals surface area contributed by atoms with Gasteiger partial charge in [-0.1, -0.05) is 53.2 Å². The molecule has 7 heteroatoms. The Bertz CT molecular complexity index is 919. The first-order valence-electron chi connectivity index (χ1n) is 10.6. The summed E-state index contributed by atoms with van der Waals surface area (Å²) in [7, 11) is 0. The van der Waals surface area contributed by atoms with Crippen molar-refractivity contribution in [3.63, 3.8) is 0 Å². The van der Waals surface area contributed by atoms with Crippen LogP contribution in [-0.4, -0.2) is 47.8 Å². The molecule has 0 aliphatic carbocycles. The molecule has 2 heterocycles. The van der Waals surface area contributed by atoms with Gasteiger partial charge in [-0.05, 0) is 43.0 Å². The summed E-state index contributed by atoms with van der Waals surface area (Å²) in [4.78, 5) is 0. The van der Waals surface area contributed by atoms with E-state index in [4.69, 9.17) is 18.9 Å². The summed E-state index contributed by atoms with van der Waals surface area (Å²) in [5, 5.41) is 20.1. The minimum absolute atomic E-state index is 0.293. The average Bonchev–Trinajstić information content (AvgIpc) is 2.79. The highest BCUT2D eigenvalue weighted by Crippen LogP contribution is 2.39. The van der Waals surface area contributed by atoms with Gasteiger partial charge in [-0.3, -0.25) is 0 Å². The van der Waals surface area contributed by atoms with Crippen molar-refractivity contribution >= 4 is 15.9 Å². The topological polar surface area (TPSA) is 77.4 Å². The lowest BCUT2D eigenvalue weighted by Crippen LogP contribution is -2.58. The summed E-state index contributed by atoms with van der Waals surface area (Å²) < 4.78 is 25.5. The molecule has 2 aromatic rings. The van der Waals surface area contributed by atoms with Gasteiger partial charge < -0.3 is 29.2 Å². The van der Waals surface area contributed by atoms with Crippen LogP contribution in [0.4, 0.5) is 0 Å². The third kappa shape index (κ3) is 4.73. The summed E-state index contributed by atoms with van der Waals surface area (Å²) in [5.74, 6) is 0. The molecule has 0 amide bonds. The normalized spacial score (nSPS) is 29.4. The van der Waals surface area contributed by atoms with Gasteiger partial charge in [0.1, 0.15) is 24.4 Å². The Balaban J connectivity index is 1.56. The lowest BCUT2D eigenvalue weighted by atomic mass is 9.99. The zero-order valence-corrected chi connectivity index (χ0v) is 19.5. The molecule has 2 N–H and O–H groups in total. The third-order valence-corrected chi connectivity index (χ3v) is 6.80. The van der Waals surface area contributed by atoms with E-state index in [-0.39, 0.29) is 0 Å². The molecule has 0 saturated carbocycles. The van der Waals surface area contributed by atoms with Gasteiger partial charge in [-0.25, -0.2) is 0 Å². The largest absolute Gasteiger partial charge is 0.394 e. The average molecular weight is 493 g/mol. The van der Waals surface area contributed by atoms with E-state index in [9.17, 15) is 10.2 Å². The fraction of sp³-hybridized carbons (Fsp3) is 0.500. The van der Waals surface area contributed by atoms with Crippen LogP contribution in [0.2, 0.25) is 0 Å². The second-order valence-electron chi connectivity index (χ2n) is 8.17. The van der Waals surface area contributed by atoms with Crippen LogP contribution >= 0.6 is 15.9 Å². The first-order chi connectivity index (χ1) is 14.9. The Labute approximate surface area is 191 Å². The number of ether oxygens (including phenoxy) is 4. The molecule has 2 aromatic carbocycles. The van der Waals surface area contributed by atoms with E-state index in [1.54, 1.807) is 0 Å². The second-order valence-corrected chi connectivity index (χ2v) is 9.03. The number of hydrogen-bond donors (Lipinski definition) is 2. The van der Waals surface area contributed by atoms with Crippen LogP contribution in [0.5, 0.6) is 0 Å². The Morgan fingerprint density at radius 3 is 2.42 bits per heavy atom. The van der Waals surface area contributed by atoms with Gasteiger partial charge in [-0.2, -0.15) is 0 Å². The molecule has 168 valence electrons. The van der Waals surface area contributed by atoms with Crippen molar-refractivity contribution in [2.45, 2.75) is 64.2 Å². The highest BCUT2D eigenvalue weighted by molar-refractivity contribution is 9.10. The fourth-order valence-corrected chi connectivity index (χ4v) is 4.69. The fourth-order valence-electron chi connectivity index (χ4n) is 4.02. The zero-order chi connectivity index (χ0) is 22.1. The van der Waals surface area contributed by atoms with E-state index in [2.05, 4.69) is 22.9 Å². The van der Waals surface area contributed by atoms with Crippen molar-refractivity contribution in [1.29, 1.82) is 0 Å². The molecule has 0 spiro atoms. The summed E-state index contributed by atoms with van der Waals surface area (Å²) in [6.07, 6.45) is -3.21. The van der Waals surface area contributed by atoms with Crippen molar-refractivity contribution in [1.82, 2.24) is 0 Å².